The van der Waals surface area contributed by atoms with Crippen molar-refractivity contribution in [1.29, 1.82) is 0 Å². The second kappa shape index (κ2) is 7.70. The number of nitrogens with zero attached hydrogens (tertiary/aromatic N) is 4. The van der Waals surface area contributed by atoms with Crippen LogP contribution < -0.4 is 0 Å². The Labute approximate surface area is 161 Å². The minimum absolute atomic E-state index is 0.133. The van der Waals surface area contributed by atoms with Crippen LogP contribution >= 0.6 is 15.9 Å². The molecule has 4 rings (SSSR count). The molecule has 0 amide bonds. The van der Waals surface area contributed by atoms with Gasteiger partial charge in [-0.15, -0.1) is 5.10 Å². The molecule has 2 heterocycles. The SMILES string of the molecule is Cc1cccc(CN2CCO[C@@H]2c2cn(Cc3cccc(Br)c3)nn2)c1. The lowest BCUT2D eigenvalue weighted by atomic mass is 10.1. The van der Waals surface area contributed by atoms with Crippen molar-refractivity contribution in [2.45, 2.75) is 26.2 Å². The lowest BCUT2D eigenvalue weighted by molar-refractivity contribution is 0.0252. The van der Waals surface area contributed by atoms with Gasteiger partial charge in [-0.2, -0.15) is 0 Å². The summed E-state index contributed by atoms with van der Waals surface area (Å²) >= 11 is 3.51. The highest BCUT2D eigenvalue weighted by molar-refractivity contribution is 9.10. The maximum absolute atomic E-state index is 5.94. The molecule has 0 saturated carbocycles. The van der Waals surface area contributed by atoms with Crippen LogP contribution in [0.5, 0.6) is 0 Å². The summed E-state index contributed by atoms with van der Waals surface area (Å²) in [7, 11) is 0. The zero-order valence-electron chi connectivity index (χ0n) is 14.7. The molecule has 0 unspecified atom stereocenters. The molecule has 1 saturated heterocycles. The summed E-state index contributed by atoms with van der Waals surface area (Å²) in [6.07, 6.45) is 1.85. The highest BCUT2D eigenvalue weighted by atomic mass is 79.9. The lowest BCUT2D eigenvalue weighted by Crippen LogP contribution is -2.23. The number of aromatic nitrogens is 3. The molecule has 0 radical (unpaired) electrons. The number of aryl methyl sites for hydroxylation is 1. The van der Waals surface area contributed by atoms with E-state index in [1.54, 1.807) is 0 Å². The van der Waals surface area contributed by atoms with Crippen molar-refractivity contribution in [3.63, 3.8) is 0 Å². The molecule has 1 aliphatic rings. The Balaban J connectivity index is 1.47. The Morgan fingerprint density at radius 3 is 2.73 bits per heavy atom. The van der Waals surface area contributed by atoms with Gasteiger partial charge in [0.25, 0.3) is 0 Å². The molecule has 0 N–H and O–H groups in total. The lowest BCUT2D eigenvalue weighted by Gasteiger charge is -2.21. The molecule has 134 valence electrons. The van der Waals surface area contributed by atoms with Crippen LogP contribution in [0.2, 0.25) is 0 Å². The zero-order valence-corrected chi connectivity index (χ0v) is 16.3. The first-order chi connectivity index (χ1) is 12.7. The molecule has 1 aliphatic heterocycles. The van der Waals surface area contributed by atoms with Crippen molar-refractivity contribution in [2.24, 2.45) is 0 Å². The fraction of sp³-hybridized carbons (Fsp3) is 0.300. The molecule has 0 spiro atoms. The highest BCUT2D eigenvalue weighted by Crippen LogP contribution is 2.27. The van der Waals surface area contributed by atoms with Crippen LogP contribution in [-0.2, 0) is 17.8 Å². The summed E-state index contributed by atoms with van der Waals surface area (Å²) in [4.78, 5) is 2.31. The zero-order chi connectivity index (χ0) is 17.9. The van der Waals surface area contributed by atoms with E-state index in [1.165, 1.54) is 16.7 Å². The van der Waals surface area contributed by atoms with Gasteiger partial charge < -0.3 is 4.74 Å². The third-order valence-corrected chi connectivity index (χ3v) is 4.99. The first-order valence-electron chi connectivity index (χ1n) is 8.73. The fourth-order valence-corrected chi connectivity index (χ4v) is 3.76. The number of ether oxygens (including phenoxy) is 1. The van der Waals surface area contributed by atoms with Gasteiger partial charge in [-0.3, -0.25) is 4.90 Å². The van der Waals surface area contributed by atoms with E-state index in [1.807, 2.05) is 23.0 Å². The molecule has 2 aromatic carbocycles. The van der Waals surface area contributed by atoms with E-state index >= 15 is 0 Å². The van der Waals surface area contributed by atoms with Crippen molar-refractivity contribution in [2.75, 3.05) is 13.2 Å². The molecule has 6 heteroatoms. The Kier molecular flexibility index (Phi) is 5.15. The van der Waals surface area contributed by atoms with Crippen molar-refractivity contribution in [3.05, 3.63) is 81.6 Å². The van der Waals surface area contributed by atoms with E-state index in [0.717, 1.165) is 29.9 Å². The smallest absolute Gasteiger partial charge is 0.157 e. The van der Waals surface area contributed by atoms with Gasteiger partial charge in [0.2, 0.25) is 0 Å². The Morgan fingerprint density at radius 2 is 1.92 bits per heavy atom. The van der Waals surface area contributed by atoms with Gasteiger partial charge in [0.1, 0.15) is 5.69 Å². The molecule has 0 bridgehead atoms. The standard InChI is InChI=1S/C20H21BrN4O/c1-15-4-2-5-16(10-15)12-24-8-9-26-20(24)19-14-25(23-22-19)13-17-6-3-7-18(21)11-17/h2-7,10-11,14,20H,8-9,12-13H2,1H3/t20-/m1/s1. The van der Waals surface area contributed by atoms with Crippen LogP contribution in [0.4, 0.5) is 0 Å². The molecular formula is C20H21BrN4O. The Bertz CT molecular complexity index is 895. The van der Waals surface area contributed by atoms with E-state index in [4.69, 9.17) is 4.74 Å². The van der Waals surface area contributed by atoms with Crippen LogP contribution in [0.15, 0.2) is 59.2 Å². The number of benzene rings is 2. The summed E-state index contributed by atoms with van der Waals surface area (Å²) in [5.41, 5.74) is 4.62. The maximum atomic E-state index is 5.94. The average molecular weight is 413 g/mol. The van der Waals surface area contributed by atoms with E-state index in [-0.39, 0.29) is 6.23 Å². The quantitative estimate of drug-likeness (QED) is 0.636. The predicted octanol–water partition coefficient (Wildman–Crippen LogP) is 3.93. The summed E-state index contributed by atoms with van der Waals surface area (Å²) in [5.74, 6) is 0. The fourth-order valence-electron chi connectivity index (χ4n) is 3.31. The molecule has 1 aromatic heterocycles. The highest BCUT2D eigenvalue weighted by Gasteiger charge is 2.29. The van der Waals surface area contributed by atoms with Crippen molar-refractivity contribution in [1.82, 2.24) is 19.9 Å². The predicted molar refractivity (Wildman–Crippen MR) is 104 cm³/mol. The molecule has 5 nitrogen and oxygen atoms in total. The van der Waals surface area contributed by atoms with E-state index in [0.29, 0.717) is 6.54 Å². The Morgan fingerprint density at radius 1 is 1.12 bits per heavy atom. The van der Waals surface area contributed by atoms with Crippen molar-refractivity contribution >= 4 is 15.9 Å². The maximum Gasteiger partial charge on any atom is 0.157 e. The summed E-state index contributed by atoms with van der Waals surface area (Å²) < 4.78 is 8.87. The first-order valence-corrected chi connectivity index (χ1v) is 9.52. The molecule has 0 aliphatic carbocycles. The first kappa shape index (κ1) is 17.4. The van der Waals surface area contributed by atoms with E-state index in [9.17, 15) is 0 Å². The van der Waals surface area contributed by atoms with Gasteiger partial charge in [0.05, 0.1) is 19.3 Å². The van der Waals surface area contributed by atoms with Crippen molar-refractivity contribution in [3.8, 4) is 0 Å². The van der Waals surface area contributed by atoms with Gasteiger partial charge in [-0.25, -0.2) is 4.68 Å². The normalized spacial score (nSPS) is 17.7. The third-order valence-electron chi connectivity index (χ3n) is 4.50. The number of rotatable bonds is 5. The summed E-state index contributed by atoms with van der Waals surface area (Å²) in [5, 5.41) is 8.65. The molecule has 1 atom stereocenters. The summed E-state index contributed by atoms with van der Waals surface area (Å²) in [6, 6.07) is 16.8. The van der Waals surface area contributed by atoms with Gasteiger partial charge in [0.15, 0.2) is 6.23 Å². The number of hydrogen-bond donors (Lipinski definition) is 0. The molecular weight excluding hydrogens is 392 g/mol. The van der Waals surface area contributed by atoms with Gasteiger partial charge in [0, 0.05) is 17.6 Å². The van der Waals surface area contributed by atoms with E-state index in [2.05, 4.69) is 74.5 Å². The number of hydrogen-bond acceptors (Lipinski definition) is 4. The second-order valence-electron chi connectivity index (χ2n) is 6.65. The van der Waals surface area contributed by atoms with Crippen molar-refractivity contribution < 1.29 is 4.74 Å². The van der Waals surface area contributed by atoms with Crippen LogP contribution in [-0.4, -0.2) is 33.0 Å². The molecule has 26 heavy (non-hydrogen) atoms. The minimum atomic E-state index is -0.133. The third kappa shape index (κ3) is 4.03. The minimum Gasteiger partial charge on any atom is -0.356 e. The average Bonchev–Trinajstić information content (AvgIpc) is 3.24. The van der Waals surface area contributed by atoms with Crippen LogP contribution in [0, 0.1) is 6.92 Å². The number of halogens is 1. The van der Waals surface area contributed by atoms with Crippen LogP contribution in [0.1, 0.15) is 28.6 Å². The van der Waals surface area contributed by atoms with Crippen LogP contribution in [0.25, 0.3) is 0 Å². The largest absolute Gasteiger partial charge is 0.356 e. The topological polar surface area (TPSA) is 43.2 Å². The Hall–Kier alpha value is -2.02. The summed E-state index contributed by atoms with van der Waals surface area (Å²) in [6.45, 7) is 5.28. The molecule has 1 fully saturated rings. The van der Waals surface area contributed by atoms with E-state index < -0.39 is 0 Å². The van der Waals surface area contributed by atoms with Crippen LogP contribution in [0.3, 0.4) is 0 Å². The van der Waals surface area contributed by atoms with Gasteiger partial charge in [-0.1, -0.05) is 63.1 Å². The van der Waals surface area contributed by atoms with Gasteiger partial charge in [-0.05, 0) is 30.2 Å². The van der Waals surface area contributed by atoms with Gasteiger partial charge >= 0.3 is 0 Å². The second-order valence-corrected chi connectivity index (χ2v) is 7.57. The monoisotopic (exact) mass is 412 g/mol. The molecule has 3 aromatic rings.